The highest BCUT2D eigenvalue weighted by Crippen LogP contribution is 2.60. The fraction of sp³-hybridized carbons (Fsp3) is 0.684. The highest BCUT2D eigenvalue weighted by atomic mass is 79.9. The van der Waals surface area contributed by atoms with Gasteiger partial charge in [0.25, 0.3) is 0 Å². The summed E-state index contributed by atoms with van der Waals surface area (Å²) in [7, 11) is 0. The molecule has 2 aliphatic heterocycles. The lowest BCUT2D eigenvalue weighted by atomic mass is 9.84. The molecule has 1 nitrogen and oxygen atoms in total. The van der Waals surface area contributed by atoms with Crippen LogP contribution in [0.15, 0.2) is 18.2 Å². The average molecular weight is 458 g/mol. The number of rotatable bonds is 2. The third-order valence-electron chi connectivity index (χ3n) is 7.48. The molecule has 2 saturated heterocycles. The summed E-state index contributed by atoms with van der Waals surface area (Å²) >= 11 is 0. The molecule has 4 rings (SSSR count). The third kappa shape index (κ3) is 3.11. The number of benzene rings is 1. The Hall–Kier alpha value is -0.760. The molecule has 4 atom stereocenters. The van der Waals surface area contributed by atoms with Crippen molar-refractivity contribution in [1.29, 1.82) is 0 Å². The predicted octanol–water partition coefficient (Wildman–Crippen LogP) is 2.64. The Morgan fingerprint density at radius 2 is 1.30 bits per heavy atom. The topological polar surface area (TPSA) is 0 Å². The van der Waals surface area contributed by atoms with E-state index in [0.29, 0.717) is 16.3 Å². The first kappa shape index (κ1) is 21.0. The maximum absolute atomic E-state index is 13.2. The van der Waals surface area contributed by atoms with E-state index in [9.17, 15) is 26.3 Å². The Kier molecular flexibility index (Phi) is 4.95. The largest absolute Gasteiger partial charge is 1.00 e. The fourth-order valence-electron chi connectivity index (χ4n) is 6.16. The van der Waals surface area contributed by atoms with Crippen molar-refractivity contribution < 1.29 is 47.8 Å². The lowest BCUT2D eigenvalue weighted by Crippen LogP contribution is -3.00. The monoisotopic (exact) mass is 457 g/mol. The van der Waals surface area contributed by atoms with E-state index in [-0.39, 0.29) is 40.7 Å². The molecule has 27 heavy (non-hydrogen) atoms. The van der Waals surface area contributed by atoms with Crippen LogP contribution >= 0.6 is 0 Å². The van der Waals surface area contributed by atoms with Gasteiger partial charge in [-0.2, -0.15) is 26.3 Å². The van der Waals surface area contributed by atoms with E-state index in [4.69, 9.17) is 0 Å². The second-order valence-corrected chi connectivity index (χ2v) is 8.44. The van der Waals surface area contributed by atoms with Gasteiger partial charge in [0.15, 0.2) is 0 Å². The minimum absolute atomic E-state index is 0. The smallest absolute Gasteiger partial charge is 0.416 e. The standard InChI is InChI=1S/C19H22F6N.BrH/c1-17-13-2-3-14(17)5-7-26(17,6-4-13)11-12-8-15(18(20,21)22)10-16(9-12)19(23,24)25;/h8-10,13-14H,2-7,11H2,1H3;1H/q+1;/p-1/t13-,14+,17?,26?;. The van der Waals surface area contributed by atoms with E-state index in [1.165, 1.54) is 0 Å². The van der Waals surface area contributed by atoms with Crippen LogP contribution in [0.2, 0.25) is 0 Å². The number of hydrogen-bond acceptors (Lipinski definition) is 0. The minimum Gasteiger partial charge on any atom is -1.00 e. The van der Waals surface area contributed by atoms with Crippen LogP contribution in [-0.2, 0) is 18.9 Å². The molecule has 8 heteroatoms. The second-order valence-electron chi connectivity index (χ2n) is 8.44. The zero-order valence-corrected chi connectivity index (χ0v) is 16.5. The summed E-state index contributed by atoms with van der Waals surface area (Å²) in [6, 6.07) is 2.06. The fourth-order valence-corrected chi connectivity index (χ4v) is 6.16. The summed E-state index contributed by atoms with van der Waals surface area (Å²) in [5.41, 5.74) is -2.25. The maximum atomic E-state index is 13.2. The lowest BCUT2D eigenvalue weighted by molar-refractivity contribution is -0.965. The molecule has 0 spiro atoms. The highest BCUT2D eigenvalue weighted by molar-refractivity contribution is 5.33. The number of quaternary nitrogens is 1. The molecule has 152 valence electrons. The van der Waals surface area contributed by atoms with Crippen molar-refractivity contribution in [2.45, 2.75) is 57.0 Å². The lowest BCUT2D eigenvalue weighted by Gasteiger charge is -2.44. The molecule has 2 unspecified atom stereocenters. The first-order valence-corrected chi connectivity index (χ1v) is 9.10. The Balaban J connectivity index is 0.00000210. The van der Waals surface area contributed by atoms with Crippen LogP contribution in [-0.4, -0.2) is 23.1 Å². The van der Waals surface area contributed by atoms with Crippen molar-refractivity contribution >= 4 is 0 Å². The van der Waals surface area contributed by atoms with Gasteiger partial charge >= 0.3 is 12.4 Å². The Labute approximate surface area is 165 Å². The van der Waals surface area contributed by atoms with E-state index in [0.717, 1.165) is 50.9 Å². The maximum Gasteiger partial charge on any atom is 0.416 e. The zero-order chi connectivity index (χ0) is 19.0. The molecule has 3 aliphatic rings. The molecular formula is C19H22BrF6N. The van der Waals surface area contributed by atoms with Crippen LogP contribution in [0.1, 0.15) is 49.3 Å². The quantitative estimate of drug-likeness (QED) is 0.473. The number of nitrogens with zero attached hydrogens (tertiary/aromatic N) is 1. The first-order chi connectivity index (χ1) is 12.0. The van der Waals surface area contributed by atoms with Crippen molar-refractivity contribution in [3.05, 3.63) is 34.9 Å². The van der Waals surface area contributed by atoms with E-state index in [1.54, 1.807) is 0 Å². The van der Waals surface area contributed by atoms with E-state index >= 15 is 0 Å². The van der Waals surface area contributed by atoms with Crippen LogP contribution in [0.4, 0.5) is 26.3 Å². The van der Waals surface area contributed by atoms with Crippen LogP contribution in [0.5, 0.6) is 0 Å². The Morgan fingerprint density at radius 1 is 0.852 bits per heavy atom. The molecule has 1 aliphatic carbocycles. The first-order valence-electron chi connectivity index (χ1n) is 9.10. The van der Waals surface area contributed by atoms with Gasteiger partial charge in [0.1, 0.15) is 12.1 Å². The van der Waals surface area contributed by atoms with Gasteiger partial charge in [-0.3, -0.25) is 0 Å². The molecule has 1 aromatic carbocycles. The molecule has 1 aromatic rings. The summed E-state index contributed by atoms with van der Waals surface area (Å²) < 4.78 is 79.6. The highest BCUT2D eigenvalue weighted by Gasteiger charge is 2.67. The molecule has 2 heterocycles. The minimum atomic E-state index is -4.78. The molecule has 0 N–H and O–H groups in total. The van der Waals surface area contributed by atoms with Crippen LogP contribution in [0.3, 0.4) is 0 Å². The SMILES string of the molecule is CC12[C@@H]3CC[C@H]1CC[N+]2(Cc1cc(C(F)(F)F)cc(C(F)(F)F)c1)CC3.[Br-]. The van der Waals surface area contributed by atoms with Gasteiger partial charge in [0.2, 0.25) is 0 Å². The molecule has 0 radical (unpaired) electrons. The van der Waals surface area contributed by atoms with Gasteiger partial charge in [-0.25, -0.2) is 0 Å². The number of alkyl halides is 6. The zero-order valence-electron chi connectivity index (χ0n) is 14.9. The van der Waals surface area contributed by atoms with Gasteiger partial charge in [-0.05, 0) is 38.0 Å². The molecule has 0 amide bonds. The van der Waals surface area contributed by atoms with Gasteiger partial charge in [0.05, 0.1) is 24.2 Å². The van der Waals surface area contributed by atoms with Gasteiger partial charge < -0.3 is 21.5 Å². The third-order valence-corrected chi connectivity index (χ3v) is 7.48. The predicted molar refractivity (Wildman–Crippen MR) is 84.0 cm³/mol. The van der Waals surface area contributed by atoms with Gasteiger partial charge in [-0.15, -0.1) is 0 Å². The summed E-state index contributed by atoms with van der Waals surface area (Å²) in [6.45, 7) is 4.19. The van der Waals surface area contributed by atoms with E-state index in [1.807, 2.05) is 0 Å². The number of halogens is 7. The van der Waals surface area contributed by atoms with E-state index in [2.05, 4.69) is 6.92 Å². The van der Waals surface area contributed by atoms with Crippen LogP contribution in [0, 0.1) is 11.8 Å². The Bertz CT molecular complexity index is 678. The van der Waals surface area contributed by atoms with Crippen molar-refractivity contribution in [2.24, 2.45) is 11.8 Å². The van der Waals surface area contributed by atoms with Gasteiger partial charge in [-0.1, -0.05) is 0 Å². The van der Waals surface area contributed by atoms with E-state index < -0.39 is 23.5 Å². The molecule has 3 fully saturated rings. The second kappa shape index (κ2) is 6.37. The van der Waals surface area contributed by atoms with Crippen LogP contribution in [0.25, 0.3) is 0 Å². The van der Waals surface area contributed by atoms with Crippen LogP contribution < -0.4 is 17.0 Å². The summed E-state index contributed by atoms with van der Waals surface area (Å²) in [5.74, 6) is 1.09. The van der Waals surface area contributed by atoms with Crippen molar-refractivity contribution in [1.82, 2.24) is 0 Å². The van der Waals surface area contributed by atoms with Crippen molar-refractivity contribution in [2.75, 3.05) is 13.1 Å². The molecular weight excluding hydrogens is 436 g/mol. The summed E-state index contributed by atoms with van der Waals surface area (Å²) in [5, 5.41) is 0. The average Bonchev–Trinajstić information content (AvgIpc) is 3.09. The number of hydrogen-bond donors (Lipinski definition) is 0. The summed E-state index contributed by atoms with van der Waals surface area (Å²) in [4.78, 5) is 0. The molecule has 0 aromatic heterocycles. The Morgan fingerprint density at radius 3 is 1.70 bits per heavy atom. The normalized spacial score (nSPS) is 35.2. The molecule has 1 saturated carbocycles. The molecule has 0 bridgehead atoms. The van der Waals surface area contributed by atoms with Crippen molar-refractivity contribution in [3.8, 4) is 0 Å². The van der Waals surface area contributed by atoms with Gasteiger partial charge in [0, 0.05) is 30.2 Å². The van der Waals surface area contributed by atoms with Crippen molar-refractivity contribution in [3.63, 3.8) is 0 Å². The summed E-state index contributed by atoms with van der Waals surface area (Å²) in [6.07, 6.45) is -5.24.